The zero-order valence-electron chi connectivity index (χ0n) is 32.0. The molecule has 15 nitrogen and oxygen atoms in total. The number of nitrogens with one attached hydrogen (secondary N) is 4. The molecule has 0 bridgehead atoms. The quantitative estimate of drug-likeness (QED) is 0.137. The molecule has 55 heavy (non-hydrogen) atoms. The number of aliphatic hydroxyl groups is 1. The minimum atomic E-state index is -0.812. The number of imidazole rings is 2. The van der Waals surface area contributed by atoms with E-state index in [0.29, 0.717) is 31.2 Å². The highest BCUT2D eigenvalue weighted by molar-refractivity contribution is 5.87. The fourth-order valence-electron chi connectivity index (χ4n) is 7.39. The molecular weight excluding hydrogens is 704 g/mol. The Kier molecular flexibility index (Phi) is 11.9. The molecule has 2 fully saturated rings. The first-order chi connectivity index (χ1) is 26.4. The second-order valence-corrected chi connectivity index (χ2v) is 14.8. The summed E-state index contributed by atoms with van der Waals surface area (Å²) in [5, 5.41) is 16.2. The Morgan fingerprint density at radius 3 is 1.64 bits per heavy atom. The largest absolute Gasteiger partial charge is 0.453 e. The molecule has 2 aromatic carbocycles. The van der Waals surface area contributed by atoms with Crippen LogP contribution in [0.15, 0.2) is 60.9 Å². The number of nitrogens with zero attached hydrogens (tertiary/aromatic N) is 4. The van der Waals surface area contributed by atoms with Gasteiger partial charge >= 0.3 is 12.2 Å². The number of ether oxygens (including phenoxy) is 2. The number of aromatic nitrogens is 4. The number of hydrogen-bond acceptors (Lipinski definition) is 9. The van der Waals surface area contributed by atoms with E-state index in [1.54, 1.807) is 22.2 Å². The van der Waals surface area contributed by atoms with Crippen LogP contribution in [0.5, 0.6) is 0 Å². The highest BCUT2D eigenvalue weighted by Gasteiger charge is 2.42. The average Bonchev–Trinajstić information content (AvgIpc) is 4.02. The van der Waals surface area contributed by atoms with Crippen LogP contribution in [0.3, 0.4) is 0 Å². The van der Waals surface area contributed by atoms with Gasteiger partial charge in [-0.1, -0.05) is 76.2 Å². The van der Waals surface area contributed by atoms with E-state index in [9.17, 15) is 24.3 Å². The minimum Gasteiger partial charge on any atom is -0.453 e. The third-order valence-corrected chi connectivity index (χ3v) is 10.5. The van der Waals surface area contributed by atoms with E-state index in [4.69, 9.17) is 9.47 Å². The summed E-state index contributed by atoms with van der Waals surface area (Å²) in [4.78, 5) is 70.3. The van der Waals surface area contributed by atoms with Crippen molar-refractivity contribution < 1.29 is 33.8 Å². The monoisotopic (exact) mass is 754 g/mol. The number of aliphatic hydroxyl groups excluding tert-OH is 1. The Morgan fingerprint density at radius 2 is 1.15 bits per heavy atom. The Bertz CT molecular complexity index is 1970. The topological polar surface area (TPSA) is 195 Å². The molecule has 5 N–H and O–H groups in total. The Balaban J connectivity index is 1.12. The van der Waals surface area contributed by atoms with Crippen molar-refractivity contribution in [2.45, 2.75) is 77.2 Å². The summed E-state index contributed by atoms with van der Waals surface area (Å²) in [5.41, 5.74) is 5.47. The fourth-order valence-corrected chi connectivity index (χ4v) is 7.39. The lowest BCUT2D eigenvalue weighted by Gasteiger charge is -2.30. The Hall–Kier alpha value is -5.70. The van der Waals surface area contributed by atoms with Crippen molar-refractivity contribution in [3.05, 3.63) is 72.6 Å². The highest BCUT2D eigenvalue weighted by Crippen LogP contribution is 2.35. The minimum absolute atomic E-state index is 0.113. The maximum Gasteiger partial charge on any atom is 0.407 e. The van der Waals surface area contributed by atoms with Crippen LogP contribution >= 0.6 is 0 Å². The van der Waals surface area contributed by atoms with Gasteiger partial charge in [-0.2, -0.15) is 0 Å². The first kappa shape index (κ1) is 39.0. The SMILES string of the molecule is COC(=O)N[C@H](C(=O)N1CC[C@H](O)[C@H]1c1ncc(-c2ccc(-c3ccc(-c4cnc([C@@H]5CCCN5C(=O)[C@@H](NC(=O)OC)C(C)C)[nH]4)cc3)cc2)[nH]1)C(C)C. The molecule has 6 rings (SSSR count). The lowest BCUT2D eigenvalue weighted by molar-refractivity contribution is -0.136. The first-order valence-corrected chi connectivity index (χ1v) is 18.7. The number of carbonyl (C=O) groups excluding carboxylic acids is 4. The van der Waals surface area contributed by atoms with Crippen molar-refractivity contribution in [3.63, 3.8) is 0 Å². The van der Waals surface area contributed by atoms with Crippen LogP contribution < -0.4 is 10.6 Å². The van der Waals surface area contributed by atoms with Crippen LogP contribution in [0, 0.1) is 11.8 Å². The molecule has 0 spiro atoms. The fraction of sp³-hybridized carbons (Fsp3) is 0.450. The van der Waals surface area contributed by atoms with Crippen LogP contribution in [-0.2, 0) is 19.1 Å². The molecule has 0 aliphatic carbocycles. The van der Waals surface area contributed by atoms with Crippen molar-refractivity contribution in [3.8, 4) is 33.6 Å². The molecule has 0 radical (unpaired) electrons. The summed E-state index contributed by atoms with van der Waals surface area (Å²) in [6.45, 7) is 8.38. The third-order valence-electron chi connectivity index (χ3n) is 10.5. The van der Waals surface area contributed by atoms with Crippen molar-refractivity contribution >= 4 is 24.0 Å². The van der Waals surface area contributed by atoms with Crippen molar-refractivity contribution in [1.82, 2.24) is 40.4 Å². The van der Waals surface area contributed by atoms with Gasteiger partial charge in [0.2, 0.25) is 11.8 Å². The van der Waals surface area contributed by atoms with E-state index >= 15 is 0 Å². The molecule has 4 aromatic rings. The van der Waals surface area contributed by atoms with Crippen molar-refractivity contribution in [1.29, 1.82) is 0 Å². The third kappa shape index (κ3) is 8.36. The van der Waals surface area contributed by atoms with Crippen LogP contribution in [0.2, 0.25) is 0 Å². The molecule has 0 unspecified atom stereocenters. The van der Waals surface area contributed by atoms with Gasteiger partial charge in [-0.25, -0.2) is 19.6 Å². The van der Waals surface area contributed by atoms with Gasteiger partial charge in [0.15, 0.2) is 0 Å². The molecule has 4 heterocycles. The van der Waals surface area contributed by atoms with E-state index in [2.05, 4.69) is 30.6 Å². The normalized spacial score (nSPS) is 19.4. The molecule has 0 saturated carbocycles. The lowest BCUT2D eigenvalue weighted by Crippen LogP contribution is -2.51. The number of hydrogen-bond donors (Lipinski definition) is 5. The summed E-state index contributed by atoms with van der Waals surface area (Å²) >= 11 is 0. The Labute approximate surface area is 320 Å². The van der Waals surface area contributed by atoms with Crippen molar-refractivity contribution in [2.24, 2.45) is 11.8 Å². The maximum absolute atomic E-state index is 13.6. The van der Waals surface area contributed by atoms with E-state index < -0.39 is 36.4 Å². The number of H-pyrrole nitrogens is 2. The molecule has 2 aliphatic rings. The van der Waals surface area contributed by atoms with Crippen molar-refractivity contribution in [2.75, 3.05) is 27.3 Å². The van der Waals surface area contributed by atoms with Gasteiger partial charge in [-0.05, 0) is 53.4 Å². The second-order valence-electron chi connectivity index (χ2n) is 14.8. The van der Waals surface area contributed by atoms with Gasteiger partial charge in [-0.3, -0.25) is 9.59 Å². The molecular formula is C40H50N8O7. The molecule has 15 heteroatoms. The zero-order valence-corrected chi connectivity index (χ0v) is 32.0. The molecule has 292 valence electrons. The van der Waals surface area contributed by atoms with E-state index in [0.717, 1.165) is 46.5 Å². The van der Waals surface area contributed by atoms with Crippen LogP contribution in [0.4, 0.5) is 9.59 Å². The second kappa shape index (κ2) is 16.8. The van der Waals surface area contributed by atoms with Crippen LogP contribution in [0.1, 0.15) is 70.7 Å². The smallest absolute Gasteiger partial charge is 0.407 e. The predicted molar refractivity (Wildman–Crippen MR) is 204 cm³/mol. The summed E-state index contributed by atoms with van der Waals surface area (Å²) in [6.07, 6.45) is 3.34. The van der Waals surface area contributed by atoms with E-state index in [1.165, 1.54) is 14.2 Å². The summed E-state index contributed by atoms with van der Waals surface area (Å²) < 4.78 is 9.47. The van der Waals surface area contributed by atoms with E-state index in [-0.39, 0.29) is 29.7 Å². The van der Waals surface area contributed by atoms with Gasteiger partial charge in [0.1, 0.15) is 29.8 Å². The van der Waals surface area contributed by atoms with Gasteiger partial charge in [0.25, 0.3) is 0 Å². The van der Waals surface area contributed by atoms with Gasteiger partial charge < -0.3 is 45.0 Å². The number of benzene rings is 2. The predicted octanol–water partition coefficient (Wildman–Crippen LogP) is 5.19. The number of methoxy groups -OCH3 is 2. The van der Waals surface area contributed by atoms with E-state index in [1.807, 2.05) is 76.2 Å². The standard InChI is InChI=1S/C40H50N8O7/c1-22(2)32(45-39(52)54-5)37(50)47-18-7-8-30(47)35-41-20-28(43-35)26-13-9-24(10-14-26)25-11-15-27(16-12-25)29-21-42-36(44-29)34-31(49)17-19-48(34)38(51)33(23(3)4)46-40(53)55-6/h9-16,20-23,30-34,49H,7-8,17-19H2,1-6H3,(H,41,43)(H,42,44)(H,45,52)(H,46,53)/t30-,31-,32-,33-,34-/m0/s1. The highest BCUT2D eigenvalue weighted by atomic mass is 16.5. The first-order valence-electron chi connectivity index (χ1n) is 18.7. The number of alkyl carbamates (subject to hydrolysis) is 2. The van der Waals surface area contributed by atoms with Crippen LogP contribution in [-0.4, -0.2) is 104 Å². The number of amides is 4. The average molecular weight is 755 g/mol. The Morgan fingerprint density at radius 1 is 0.691 bits per heavy atom. The number of rotatable bonds is 11. The van der Waals surface area contributed by atoms with Gasteiger partial charge in [0.05, 0.1) is 50.1 Å². The number of likely N-dealkylation sites (tertiary alicyclic amines) is 2. The summed E-state index contributed by atoms with van der Waals surface area (Å²) in [7, 11) is 2.53. The maximum atomic E-state index is 13.6. The van der Waals surface area contributed by atoms with Crippen LogP contribution in [0.25, 0.3) is 33.6 Å². The zero-order chi connectivity index (χ0) is 39.4. The van der Waals surface area contributed by atoms with Gasteiger partial charge in [-0.15, -0.1) is 0 Å². The summed E-state index contributed by atoms with van der Waals surface area (Å²) in [5.74, 6) is 0.416. The molecule has 2 saturated heterocycles. The molecule has 2 aliphatic heterocycles. The molecule has 4 amide bonds. The number of carbonyl (C=O) groups is 4. The lowest BCUT2D eigenvalue weighted by atomic mass is 10.0. The summed E-state index contributed by atoms with van der Waals surface area (Å²) in [6, 6.07) is 13.8. The van der Waals surface area contributed by atoms with Gasteiger partial charge in [0, 0.05) is 13.1 Å². The molecule has 2 aromatic heterocycles. The molecule has 5 atom stereocenters. The number of aromatic amines is 2.